The number of hydrogen-bond donors (Lipinski definition) is 0. The number of hydrogen-bond acceptors (Lipinski definition) is 3. The van der Waals surface area contributed by atoms with Crippen LogP contribution in [0.4, 0.5) is 0 Å². The van der Waals surface area contributed by atoms with Crippen molar-refractivity contribution in [1.29, 1.82) is 0 Å². The van der Waals surface area contributed by atoms with Gasteiger partial charge in [0, 0.05) is 24.7 Å². The third kappa shape index (κ3) is 4.55. The van der Waals surface area contributed by atoms with Gasteiger partial charge in [0.1, 0.15) is 0 Å². The summed E-state index contributed by atoms with van der Waals surface area (Å²) in [5, 5.41) is 0. The molecule has 116 valence electrons. The van der Waals surface area contributed by atoms with E-state index in [1.165, 1.54) is 0 Å². The summed E-state index contributed by atoms with van der Waals surface area (Å²) in [5.74, 6) is 0.173. The van der Waals surface area contributed by atoms with Gasteiger partial charge < -0.3 is 14.7 Å². The quantitative estimate of drug-likeness (QED) is 0.827. The van der Waals surface area contributed by atoms with Crippen molar-refractivity contribution in [2.45, 2.75) is 18.9 Å². The second-order valence-electron chi connectivity index (χ2n) is 6.20. The summed E-state index contributed by atoms with van der Waals surface area (Å²) in [4.78, 5) is 19.4. The average molecular weight is 289 g/mol. The molecule has 0 aliphatic carbocycles. The highest BCUT2D eigenvalue weighted by Crippen LogP contribution is 2.18. The molecule has 0 radical (unpaired) electrons. The molecule has 0 unspecified atom stereocenters. The Morgan fingerprint density at radius 2 is 1.76 bits per heavy atom. The molecule has 1 amide bonds. The van der Waals surface area contributed by atoms with Gasteiger partial charge in [-0.1, -0.05) is 18.2 Å². The summed E-state index contributed by atoms with van der Waals surface area (Å²) in [7, 11) is 6.26. The molecule has 1 fully saturated rings. The Morgan fingerprint density at radius 1 is 1.14 bits per heavy atom. The van der Waals surface area contributed by atoms with Crippen LogP contribution in [-0.4, -0.2) is 74.0 Å². The smallest absolute Gasteiger partial charge is 0.254 e. The standard InChI is InChI=1S/C17H27N3O/c1-18(2)13-14-20(16-9-11-19(3)12-10-16)17(21)15-7-5-4-6-8-15/h4-8,16H,9-14H2,1-3H3. The first-order chi connectivity index (χ1) is 10.1. The van der Waals surface area contributed by atoms with E-state index in [0.717, 1.165) is 44.6 Å². The van der Waals surface area contributed by atoms with E-state index in [9.17, 15) is 4.79 Å². The van der Waals surface area contributed by atoms with E-state index >= 15 is 0 Å². The molecule has 1 aliphatic heterocycles. The molecular formula is C17H27N3O. The largest absolute Gasteiger partial charge is 0.334 e. The molecule has 0 bridgehead atoms. The van der Waals surface area contributed by atoms with Crippen LogP contribution in [0.3, 0.4) is 0 Å². The minimum Gasteiger partial charge on any atom is -0.334 e. The van der Waals surface area contributed by atoms with Gasteiger partial charge in [0.25, 0.3) is 5.91 Å². The lowest BCUT2D eigenvalue weighted by Crippen LogP contribution is -2.48. The highest BCUT2D eigenvalue weighted by molar-refractivity contribution is 5.94. The van der Waals surface area contributed by atoms with Gasteiger partial charge in [-0.15, -0.1) is 0 Å². The number of piperidine rings is 1. The molecule has 1 aromatic carbocycles. The molecule has 0 saturated carbocycles. The van der Waals surface area contributed by atoms with Crippen LogP contribution in [0.1, 0.15) is 23.2 Å². The third-order valence-corrected chi connectivity index (χ3v) is 4.20. The van der Waals surface area contributed by atoms with Crippen molar-refractivity contribution in [3.8, 4) is 0 Å². The van der Waals surface area contributed by atoms with Crippen molar-refractivity contribution in [3.05, 3.63) is 35.9 Å². The maximum atomic E-state index is 12.8. The van der Waals surface area contributed by atoms with Crippen LogP contribution in [0.15, 0.2) is 30.3 Å². The van der Waals surface area contributed by atoms with Gasteiger partial charge in [-0.25, -0.2) is 0 Å². The molecule has 0 spiro atoms. The fourth-order valence-corrected chi connectivity index (χ4v) is 2.81. The Bertz CT molecular complexity index is 439. The van der Waals surface area contributed by atoms with Crippen molar-refractivity contribution in [2.24, 2.45) is 0 Å². The maximum absolute atomic E-state index is 12.8. The van der Waals surface area contributed by atoms with E-state index in [0.29, 0.717) is 6.04 Å². The molecule has 1 aromatic rings. The first-order valence-electron chi connectivity index (χ1n) is 7.77. The Labute approximate surface area is 128 Å². The van der Waals surface area contributed by atoms with E-state index in [-0.39, 0.29) is 5.91 Å². The van der Waals surface area contributed by atoms with Gasteiger partial charge in [-0.05, 0) is 59.2 Å². The number of benzene rings is 1. The molecule has 2 rings (SSSR count). The second kappa shape index (κ2) is 7.57. The zero-order valence-corrected chi connectivity index (χ0v) is 13.5. The van der Waals surface area contributed by atoms with Gasteiger partial charge in [0.15, 0.2) is 0 Å². The van der Waals surface area contributed by atoms with Crippen LogP contribution in [0.2, 0.25) is 0 Å². The highest BCUT2D eigenvalue weighted by Gasteiger charge is 2.27. The Kier molecular flexibility index (Phi) is 5.76. The van der Waals surface area contributed by atoms with Crippen molar-refractivity contribution in [3.63, 3.8) is 0 Å². The number of likely N-dealkylation sites (N-methyl/N-ethyl adjacent to an activating group) is 1. The van der Waals surface area contributed by atoms with Gasteiger partial charge in [0.05, 0.1) is 0 Å². The Hall–Kier alpha value is -1.39. The molecule has 0 atom stereocenters. The molecular weight excluding hydrogens is 262 g/mol. The Balaban J connectivity index is 2.09. The SMILES string of the molecule is CN(C)CCN(C(=O)c1ccccc1)C1CCN(C)CC1. The molecule has 1 aliphatic rings. The predicted molar refractivity (Wildman–Crippen MR) is 86.6 cm³/mol. The van der Waals surface area contributed by atoms with E-state index in [1.54, 1.807) is 0 Å². The van der Waals surface area contributed by atoms with E-state index in [4.69, 9.17) is 0 Å². The fourth-order valence-electron chi connectivity index (χ4n) is 2.81. The lowest BCUT2D eigenvalue weighted by Gasteiger charge is -2.38. The van der Waals surface area contributed by atoms with E-state index in [2.05, 4.69) is 35.8 Å². The van der Waals surface area contributed by atoms with Crippen LogP contribution in [0.25, 0.3) is 0 Å². The normalized spacial score (nSPS) is 17.1. The summed E-state index contributed by atoms with van der Waals surface area (Å²) in [6.07, 6.45) is 2.14. The molecule has 1 heterocycles. The lowest BCUT2D eigenvalue weighted by molar-refractivity contribution is 0.0574. The van der Waals surface area contributed by atoms with Crippen LogP contribution in [0, 0.1) is 0 Å². The monoisotopic (exact) mass is 289 g/mol. The first kappa shape index (κ1) is 16.0. The third-order valence-electron chi connectivity index (χ3n) is 4.20. The predicted octanol–water partition coefficient (Wildman–Crippen LogP) is 1.78. The number of carbonyl (C=O) groups is 1. The van der Waals surface area contributed by atoms with Crippen LogP contribution < -0.4 is 0 Å². The summed E-state index contributed by atoms with van der Waals surface area (Å²) in [5.41, 5.74) is 0.801. The molecule has 4 nitrogen and oxygen atoms in total. The van der Waals surface area contributed by atoms with Gasteiger partial charge >= 0.3 is 0 Å². The second-order valence-corrected chi connectivity index (χ2v) is 6.20. The zero-order chi connectivity index (χ0) is 15.2. The van der Waals surface area contributed by atoms with Gasteiger partial charge in [-0.2, -0.15) is 0 Å². The Morgan fingerprint density at radius 3 is 2.33 bits per heavy atom. The molecule has 0 N–H and O–H groups in total. The number of rotatable bonds is 5. The minimum atomic E-state index is 0.173. The number of likely N-dealkylation sites (tertiary alicyclic amines) is 1. The maximum Gasteiger partial charge on any atom is 0.254 e. The zero-order valence-electron chi connectivity index (χ0n) is 13.5. The summed E-state index contributed by atoms with van der Waals surface area (Å²) in [6.45, 7) is 3.86. The average Bonchev–Trinajstić information content (AvgIpc) is 2.49. The first-order valence-corrected chi connectivity index (χ1v) is 7.77. The number of nitrogens with zero attached hydrogens (tertiary/aromatic N) is 3. The summed E-state index contributed by atoms with van der Waals surface area (Å²) < 4.78 is 0. The molecule has 21 heavy (non-hydrogen) atoms. The fraction of sp³-hybridized carbons (Fsp3) is 0.588. The minimum absolute atomic E-state index is 0.173. The van der Waals surface area contributed by atoms with Crippen LogP contribution in [-0.2, 0) is 0 Å². The van der Waals surface area contributed by atoms with Crippen molar-refractivity contribution in [1.82, 2.24) is 14.7 Å². The number of carbonyl (C=O) groups excluding carboxylic acids is 1. The molecule has 0 aromatic heterocycles. The summed E-state index contributed by atoms with van der Waals surface area (Å²) >= 11 is 0. The summed E-state index contributed by atoms with van der Waals surface area (Å²) in [6, 6.07) is 10.0. The van der Waals surface area contributed by atoms with Gasteiger partial charge in [-0.3, -0.25) is 4.79 Å². The molecule has 4 heteroatoms. The van der Waals surface area contributed by atoms with Crippen LogP contribution >= 0.6 is 0 Å². The van der Waals surface area contributed by atoms with Crippen molar-refractivity contribution < 1.29 is 4.79 Å². The van der Waals surface area contributed by atoms with Crippen molar-refractivity contribution >= 4 is 5.91 Å². The topological polar surface area (TPSA) is 26.8 Å². The van der Waals surface area contributed by atoms with E-state index < -0.39 is 0 Å². The van der Waals surface area contributed by atoms with Gasteiger partial charge in [0.2, 0.25) is 0 Å². The number of amides is 1. The highest BCUT2D eigenvalue weighted by atomic mass is 16.2. The molecule has 1 saturated heterocycles. The lowest BCUT2D eigenvalue weighted by atomic mass is 10.0. The van der Waals surface area contributed by atoms with Crippen molar-refractivity contribution in [2.75, 3.05) is 47.3 Å². The van der Waals surface area contributed by atoms with E-state index in [1.807, 2.05) is 30.3 Å². The van der Waals surface area contributed by atoms with Crippen LogP contribution in [0.5, 0.6) is 0 Å².